The Morgan fingerprint density at radius 3 is 2.38 bits per heavy atom. The highest BCUT2D eigenvalue weighted by atomic mass is 35.5. The first-order chi connectivity index (χ1) is 5.58. The van der Waals surface area contributed by atoms with Crippen molar-refractivity contribution in [1.29, 1.82) is 0 Å². The van der Waals surface area contributed by atoms with Crippen LogP contribution in [0.4, 0.5) is 0 Å². The molecule has 1 heterocycles. The summed E-state index contributed by atoms with van der Waals surface area (Å²) in [6.45, 7) is 2.29. The molecular formula is C7H16ClNO3S. The molecule has 0 aromatic heterocycles. The van der Waals surface area contributed by atoms with Crippen molar-refractivity contribution < 1.29 is 12.6 Å². The van der Waals surface area contributed by atoms with Crippen molar-refractivity contribution in [1.82, 2.24) is 5.32 Å². The summed E-state index contributed by atoms with van der Waals surface area (Å²) in [5.41, 5.74) is 0. The van der Waals surface area contributed by atoms with Crippen LogP contribution in [-0.4, -0.2) is 34.4 Å². The molecule has 1 rings (SSSR count). The molecule has 0 unspecified atom stereocenters. The third kappa shape index (κ3) is 6.26. The Morgan fingerprint density at radius 2 is 1.92 bits per heavy atom. The number of hydrogen-bond donors (Lipinski definition) is 1. The molecule has 0 aliphatic carbocycles. The second-order valence-electron chi connectivity index (χ2n) is 3.18. The fourth-order valence-electron chi connectivity index (χ4n) is 1.27. The molecule has 1 fully saturated rings. The van der Waals surface area contributed by atoms with Crippen molar-refractivity contribution in [2.24, 2.45) is 5.92 Å². The largest absolute Gasteiger partial charge is 0.317 e. The summed E-state index contributed by atoms with van der Waals surface area (Å²) in [6, 6.07) is 0. The number of piperidine rings is 1. The van der Waals surface area contributed by atoms with Crippen molar-refractivity contribution in [2.45, 2.75) is 12.8 Å². The molecule has 1 aliphatic heterocycles. The van der Waals surface area contributed by atoms with Crippen LogP contribution in [0.5, 0.6) is 0 Å². The maximum atomic E-state index is 10.6. The quantitative estimate of drug-likeness (QED) is 0.712. The van der Waals surface area contributed by atoms with Gasteiger partial charge in [-0.25, -0.2) is 0 Å². The standard InChI is InChI=1S/C7H15NO3S.ClH/c1-12(9,10)11-6-7-2-4-8-5-3-7;/h7-8H,2-6H2,1H3;1H. The zero-order valence-electron chi connectivity index (χ0n) is 7.65. The Labute approximate surface area is 85.6 Å². The van der Waals surface area contributed by atoms with Crippen LogP contribution in [0.2, 0.25) is 0 Å². The highest BCUT2D eigenvalue weighted by molar-refractivity contribution is 7.85. The highest BCUT2D eigenvalue weighted by Gasteiger charge is 2.15. The van der Waals surface area contributed by atoms with Crippen LogP contribution >= 0.6 is 12.4 Å². The zero-order chi connectivity index (χ0) is 9.03. The Hall–Kier alpha value is 0.160. The van der Waals surface area contributed by atoms with Gasteiger partial charge in [0.2, 0.25) is 0 Å². The SMILES string of the molecule is CS(=O)(=O)OCC1CCNCC1.Cl. The number of nitrogens with one attached hydrogen (secondary N) is 1. The van der Waals surface area contributed by atoms with Gasteiger partial charge in [-0.2, -0.15) is 8.42 Å². The molecule has 0 aromatic rings. The first-order valence-corrected chi connectivity index (χ1v) is 5.95. The molecule has 0 bridgehead atoms. The van der Waals surface area contributed by atoms with Crippen molar-refractivity contribution in [3.05, 3.63) is 0 Å². The van der Waals surface area contributed by atoms with E-state index in [0.29, 0.717) is 12.5 Å². The lowest BCUT2D eigenvalue weighted by Gasteiger charge is -2.21. The van der Waals surface area contributed by atoms with E-state index in [2.05, 4.69) is 5.32 Å². The molecule has 0 amide bonds. The average Bonchev–Trinajstić information content (AvgIpc) is 2.02. The summed E-state index contributed by atoms with van der Waals surface area (Å²) < 4.78 is 26.0. The maximum absolute atomic E-state index is 10.6. The van der Waals surface area contributed by atoms with Crippen molar-refractivity contribution in [3.63, 3.8) is 0 Å². The minimum atomic E-state index is -3.24. The normalized spacial score (nSPS) is 19.5. The molecule has 1 saturated heterocycles. The Bertz CT molecular complexity index is 224. The lowest BCUT2D eigenvalue weighted by molar-refractivity contribution is 0.222. The fraction of sp³-hybridized carbons (Fsp3) is 1.00. The average molecular weight is 230 g/mol. The van der Waals surface area contributed by atoms with Gasteiger partial charge >= 0.3 is 0 Å². The molecule has 0 atom stereocenters. The minimum Gasteiger partial charge on any atom is -0.317 e. The molecule has 0 saturated carbocycles. The van der Waals surface area contributed by atoms with E-state index in [0.717, 1.165) is 32.2 Å². The van der Waals surface area contributed by atoms with Crippen molar-refractivity contribution in [3.8, 4) is 0 Å². The highest BCUT2D eigenvalue weighted by Crippen LogP contribution is 2.12. The molecule has 0 spiro atoms. The topological polar surface area (TPSA) is 55.4 Å². The number of hydrogen-bond acceptors (Lipinski definition) is 4. The third-order valence-corrected chi connectivity index (χ3v) is 2.54. The minimum absolute atomic E-state index is 0. The fourth-order valence-corrected chi connectivity index (χ4v) is 1.71. The Balaban J connectivity index is 0.00000144. The van der Waals surface area contributed by atoms with Gasteiger partial charge in [0, 0.05) is 0 Å². The lowest BCUT2D eigenvalue weighted by atomic mass is 10.00. The lowest BCUT2D eigenvalue weighted by Crippen LogP contribution is -2.30. The van der Waals surface area contributed by atoms with Gasteiger partial charge in [0.05, 0.1) is 12.9 Å². The van der Waals surface area contributed by atoms with Crippen LogP contribution in [0.25, 0.3) is 0 Å². The predicted octanol–water partition coefficient (Wildman–Crippen LogP) is 0.384. The molecule has 4 nitrogen and oxygen atoms in total. The van der Waals surface area contributed by atoms with Crippen molar-refractivity contribution in [2.75, 3.05) is 26.0 Å². The first-order valence-electron chi connectivity index (χ1n) is 4.13. The van der Waals surface area contributed by atoms with E-state index >= 15 is 0 Å². The number of rotatable bonds is 3. The molecule has 0 aromatic carbocycles. The van der Waals surface area contributed by atoms with Gasteiger partial charge in [0.25, 0.3) is 10.1 Å². The van der Waals surface area contributed by atoms with Gasteiger partial charge in [0.1, 0.15) is 0 Å². The van der Waals surface area contributed by atoms with Crippen LogP contribution in [0.15, 0.2) is 0 Å². The van der Waals surface area contributed by atoms with E-state index in [1.54, 1.807) is 0 Å². The molecule has 1 aliphatic rings. The second kappa shape index (κ2) is 5.80. The Morgan fingerprint density at radius 1 is 1.38 bits per heavy atom. The van der Waals surface area contributed by atoms with Gasteiger partial charge in [-0.1, -0.05) is 0 Å². The smallest absolute Gasteiger partial charge is 0.264 e. The van der Waals surface area contributed by atoms with Crippen LogP contribution in [0.3, 0.4) is 0 Å². The summed E-state index contributed by atoms with van der Waals surface area (Å²) >= 11 is 0. The molecule has 1 N–H and O–H groups in total. The van der Waals surface area contributed by atoms with Crippen LogP contribution in [0.1, 0.15) is 12.8 Å². The monoisotopic (exact) mass is 229 g/mol. The molecule has 80 valence electrons. The maximum Gasteiger partial charge on any atom is 0.264 e. The van der Waals surface area contributed by atoms with E-state index in [9.17, 15) is 8.42 Å². The second-order valence-corrected chi connectivity index (χ2v) is 4.83. The molecule has 6 heteroatoms. The van der Waals surface area contributed by atoms with E-state index in [-0.39, 0.29) is 12.4 Å². The van der Waals surface area contributed by atoms with Crippen LogP contribution in [0, 0.1) is 5.92 Å². The van der Waals surface area contributed by atoms with E-state index in [1.807, 2.05) is 0 Å². The van der Waals surface area contributed by atoms with Gasteiger partial charge in [-0.15, -0.1) is 12.4 Å². The summed E-state index contributed by atoms with van der Waals surface area (Å²) in [5, 5.41) is 3.21. The molecule has 0 radical (unpaired) electrons. The Kier molecular flexibility index (Phi) is 5.87. The third-order valence-electron chi connectivity index (χ3n) is 1.98. The number of halogens is 1. The predicted molar refractivity (Wildman–Crippen MR) is 53.6 cm³/mol. The van der Waals surface area contributed by atoms with E-state index in [1.165, 1.54) is 0 Å². The van der Waals surface area contributed by atoms with E-state index in [4.69, 9.17) is 4.18 Å². The van der Waals surface area contributed by atoms with E-state index < -0.39 is 10.1 Å². The first kappa shape index (κ1) is 13.2. The van der Waals surface area contributed by atoms with Gasteiger partial charge in [-0.05, 0) is 31.8 Å². The van der Waals surface area contributed by atoms with Crippen LogP contribution in [-0.2, 0) is 14.3 Å². The van der Waals surface area contributed by atoms with Gasteiger partial charge < -0.3 is 5.32 Å². The summed E-state index contributed by atoms with van der Waals surface area (Å²) in [7, 11) is -3.24. The zero-order valence-corrected chi connectivity index (χ0v) is 9.29. The molecular weight excluding hydrogens is 214 g/mol. The van der Waals surface area contributed by atoms with Gasteiger partial charge in [-0.3, -0.25) is 4.18 Å². The van der Waals surface area contributed by atoms with Gasteiger partial charge in [0.15, 0.2) is 0 Å². The van der Waals surface area contributed by atoms with Crippen molar-refractivity contribution >= 4 is 22.5 Å². The van der Waals surface area contributed by atoms with Crippen LogP contribution < -0.4 is 5.32 Å². The summed E-state index contributed by atoms with van der Waals surface area (Å²) in [4.78, 5) is 0. The molecule has 13 heavy (non-hydrogen) atoms. The summed E-state index contributed by atoms with van der Waals surface area (Å²) in [6.07, 6.45) is 3.11. The summed E-state index contributed by atoms with van der Waals surface area (Å²) in [5.74, 6) is 0.404.